The number of esters is 1. The number of hydrogen-bond donors (Lipinski definition) is 0. The highest BCUT2D eigenvalue weighted by molar-refractivity contribution is 5.91. The highest BCUT2D eigenvalue weighted by Gasteiger charge is 2.09. The number of carbonyl (C=O) groups excluding carboxylic acids is 1. The van der Waals surface area contributed by atoms with Crippen LogP contribution in [-0.2, 0) is 6.42 Å². The van der Waals surface area contributed by atoms with Gasteiger partial charge in [-0.1, -0.05) is 58.1 Å². The molecular formula is C29H35NO3. The van der Waals surface area contributed by atoms with E-state index in [1.807, 2.05) is 48.5 Å². The molecule has 3 rings (SSSR count). The predicted octanol–water partition coefficient (Wildman–Crippen LogP) is 7.66. The number of hydrogen-bond acceptors (Lipinski definition) is 4. The largest absolute Gasteiger partial charge is 0.492 e. The number of pyridine rings is 1. The minimum Gasteiger partial charge on any atom is -0.492 e. The Morgan fingerprint density at radius 2 is 1.45 bits per heavy atom. The third-order valence-corrected chi connectivity index (χ3v) is 5.62. The summed E-state index contributed by atoms with van der Waals surface area (Å²) in [6.07, 6.45) is 11.2. The van der Waals surface area contributed by atoms with E-state index in [2.05, 4.69) is 18.8 Å². The van der Waals surface area contributed by atoms with E-state index < -0.39 is 0 Å². The van der Waals surface area contributed by atoms with Crippen molar-refractivity contribution >= 4 is 5.97 Å². The number of rotatable bonds is 13. The smallest absolute Gasteiger partial charge is 0.343 e. The van der Waals surface area contributed by atoms with Crippen LogP contribution in [0.25, 0.3) is 11.3 Å². The van der Waals surface area contributed by atoms with Crippen molar-refractivity contribution in [3.05, 3.63) is 78.0 Å². The van der Waals surface area contributed by atoms with Crippen LogP contribution in [0.15, 0.2) is 66.9 Å². The van der Waals surface area contributed by atoms with E-state index in [0.29, 0.717) is 11.3 Å². The van der Waals surface area contributed by atoms with Gasteiger partial charge >= 0.3 is 5.97 Å². The Hall–Kier alpha value is -3.14. The van der Waals surface area contributed by atoms with Crippen molar-refractivity contribution in [2.24, 2.45) is 0 Å². The second-order valence-corrected chi connectivity index (χ2v) is 8.36. The van der Waals surface area contributed by atoms with Gasteiger partial charge in [0.2, 0.25) is 0 Å². The van der Waals surface area contributed by atoms with Gasteiger partial charge in [-0.05, 0) is 73.4 Å². The van der Waals surface area contributed by atoms with E-state index in [0.717, 1.165) is 49.3 Å². The molecule has 0 fully saturated rings. The molecule has 0 saturated carbocycles. The normalized spacial score (nSPS) is 10.7. The fourth-order valence-electron chi connectivity index (χ4n) is 3.58. The van der Waals surface area contributed by atoms with Crippen LogP contribution in [0, 0.1) is 0 Å². The molecule has 0 amide bonds. The number of nitrogens with zero attached hydrogens (tertiary/aromatic N) is 1. The van der Waals surface area contributed by atoms with E-state index >= 15 is 0 Å². The molecule has 0 atom stereocenters. The molecule has 0 bridgehead atoms. The zero-order valence-electron chi connectivity index (χ0n) is 19.9. The van der Waals surface area contributed by atoms with Crippen LogP contribution in [0.1, 0.15) is 74.7 Å². The Morgan fingerprint density at radius 1 is 0.758 bits per heavy atom. The average molecular weight is 446 g/mol. The molecule has 4 nitrogen and oxygen atoms in total. The van der Waals surface area contributed by atoms with E-state index in [1.54, 1.807) is 18.3 Å². The van der Waals surface area contributed by atoms with Gasteiger partial charge in [-0.3, -0.25) is 4.98 Å². The van der Waals surface area contributed by atoms with Crippen LogP contribution < -0.4 is 9.47 Å². The highest BCUT2D eigenvalue weighted by Crippen LogP contribution is 2.23. The monoisotopic (exact) mass is 445 g/mol. The fourth-order valence-corrected chi connectivity index (χ4v) is 3.58. The van der Waals surface area contributed by atoms with Crippen LogP contribution in [0.4, 0.5) is 0 Å². The molecular weight excluding hydrogens is 410 g/mol. The Kier molecular flexibility index (Phi) is 9.96. The molecule has 1 aromatic heterocycles. The first-order valence-electron chi connectivity index (χ1n) is 12.2. The summed E-state index contributed by atoms with van der Waals surface area (Å²) in [5.41, 5.74) is 3.61. The van der Waals surface area contributed by atoms with Crippen LogP contribution in [-0.4, -0.2) is 17.6 Å². The molecule has 33 heavy (non-hydrogen) atoms. The van der Waals surface area contributed by atoms with Crippen LogP contribution in [0.2, 0.25) is 0 Å². The van der Waals surface area contributed by atoms with Crippen molar-refractivity contribution in [3.63, 3.8) is 0 Å². The van der Waals surface area contributed by atoms with Gasteiger partial charge in [-0.15, -0.1) is 0 Å². The van der Waals surface area contributed by atoms with Crippen LogP contribution in [0.3, 0.4) is 0 Å². The second kappa shape index (κ2) is 13.4. The number of benzene rings is 2. The maximum absolute atomic E-state index is 12.4. The van der Waals surface area contributed by atoms with Crippen molar-refractivity contribution in [1.29, 1.82) is 0 Å². The summed E-state index contributed by atoms with van der Waals surface area (Å²) in [6.45, 7) is 5.12. The summed E-state index contributed by atoms with van der Waals surface area (Å²) in [4.78, 5) is 17.0. The lowest BCUT2D eigenvalue weighted by Gasteiger charge is -2.08. The van der Waals surface area contributed by atoms with Gasteiger partial charge < -0.3 is 9.47 Å². The molecule has 1 heterocycles. The fraction of sp³-hybridized carbons (Fsp3) is 0.379. The van der Waals surface area contributed by atoms with Crippen molar-refractivity contribution in [3.8, 4) is 22.8 Å². The Labute approximate surface area is 198 Å². The minimum atomic E-state index is -0.348. The molecule has 0 unspecified atom stereocenters. The van der Waals surface area contributed by atoms with E-state index in [1.165, 1.54) is 31.2 Å². The van der Waals surface area contributed by atoms with Crippen molar-refractivity contribution in [1.82, 2.24) is 4.98 Å². The molecule has 3 aromatic rings. The maximum atomic E-state index is 12.4. The van der Waals surface area contributed by atoms with E-state index in [4.69, 9.17) is 9.47 Å². The van der Waals surface area contributed by atoms with E-state index in [9.17, 15) is 4.79 Å². The molecule has 174 valence electrons. The summed E-state index contributed by atoms with van der Waals surface area (Å²) in [6, 6.07) is 19.0. The summed E-state index contributed by atoms with van der Waals surface area (Å²) in [5.74, 6) is 0.960. The predicted molar refractivity (Wildman–Crippen MR) is 134 cm³/mol. The summed E-state index contributed by atoms with van der Waals surface area (Å²) < 4.78 is 11.3. The van der Waals surface area contributed by atoms with Crippen molar-refractivity contribution < 1.29 is 14.3 Å². The quantitative estimate of drug-likeness (QED) is 0.154. The average Bonchev–Trinajstić information content (AvgIpc) is 2.86. The third kappa shape index (κ3) is 8.05. The molecule has 0 radical (unpaired) electrons. The molecule has 0 N–H and O–H groups in total. The van der Waals surface area contributed by atoms with Crippen molar-refractivity contribution in [2.75, 3.05) is 6.61 Å². The second-order valence-electron chi connectivity index (χ2n) is 8.36. The standard InChI is InChI=1S/C29H35NO3/c1-3-5-7-8-9-21-32-27-19-20-28(30-22-27)24-15-17-26(18-16-24)33-29(31)25-13-11-23(12-14-25)10-6-4-2/h11-20,22H,3-10,21H2,1-2H3. The summed E-state index contributed by atoms with van der Waals surface area (Å²) >= 11 is 0. The zero-order valence-corrected chi connectivity index (χ0v) is 19.9. The lowest BCUT2D eigenvalue weighted by atomic mass is 10.1. The molecule has 0 aliphatic rings. The maximum Gasteiger partial charge on any atom is 0.343 e. The number of carbonyl (C=O) groups is 1. The van der Waals surface area contributed by atoms with Gasteiger partial charge in [-0.25, -0.2) is 4.79 Å². The number of unbranched alkanes of at least 4 members (excludes halogenated alkanes) is 5. The molecule has 0 spiro atoms. The minimum absolute atomic E-state index is 0.348. The molecule has 0 aliphatic heterocycles. The summed E-state index contributed by atoms with van der Waals surface area (Å²) in [5, 5.41) is 0. The Balaban J connectivity index is 1.49. The lowest BCUT2D eigenvalue weighted by Crippen LogP contribution is -2.08. The highest BCUT2D eigenvalue weighted by atomic mass is 16.5. The number of aryl methyl sites for hydroxylation is 1. The third-order valence-electron chi connectivity index (χ3n) is 5.62. The SMILES string of the molecule is CCCCCCCOc1ccc(-c2ccc(OC(=O)c3ccc(CCCC)cc3)cc2)nc1. The van der Waals surface area contributed by atoms with Gasteiger partial charge in [0.1, 0.15) is 11.5 Å². The first kappa shape index (κ1) is 24.5. The Morgan fingerprint density at radius 3 is 2.12 bits per heavy atom. The first-order valence-corrected chi connectivity index (χ1v) is 12.2. The lowest BCUT2D eigenvalue weighted by molar-refractivity contribution is 0.0735. The van der Waals surface area contributed by atoms with Gasteiger partial charge in [0, 0.05) is 5.56 Å². The van der Waals surface area contributed by atoms with Gasteiger partial charge in [0.05, 0.1) is 24.1 Å². The zero-order chi connectivity index (χ0) is 23.3. The number of aromatic nitrogens is 1. The molecule has 4 heteroatoms. The molecule has 0 aliphatic carbocycles. The Bertz CT molecular complexity index is 963. The number of ether oxygens (including phenoxy) is 2. The van der Waals surface area contributed by atoms with Gasteiger partial charge in [0.25, 0.3) is 0 Å². The van der Waals surface area contributed by atoms with Crippen LogP contribution >= 0.6 is 0 Å². The van der Waals surface area contributed by atoms with Crippen molar-refractivity contribution in [2.45, 2.75) is 65.2 Å². The van der Waals surface area contributed by atoms with Crippen LogP contribution in [0.5, 0.6) is 11.5 Å². The first-order chi connectivity index (χ1) is 16.2. The van der Waals surface area contributed by atoms with Gasteiger partial charge in [0.15, 0.2) is 0 Å². The van der Waals surface area contributed by atoms with Gasteiger partial charge in [-0.2, -0.15) is 0 Å². The van der Waals surface area contributed by atoms with E-state index in [-0.39, 0.29) is 5.97 Å². The molecule has 0 saturated heterocycles. The summed E-state index contributed by atoms with van der Waals surface area (Å²) in [7, 11) is 0. The molecule has 2 aromatic carbocycles. The topological polar surface area (TPSA) is 48.4 Å².